The average Bonchev–Trinajstić information content (AvgIpc) is 2.40. The molecular formula is C15H32N2. The Labute approximate surface area is 108 Å². The van der Waals surface area contributed by atoms with Crippen molar-refractivity contribution in [3.8, 4) is 0 Å². The Morgan fingerprint density at radius 3 is 2.41 bits per heavy atom. The van der Waals surface area contributed by atoms with Crippen molar-refractivity contribution in [1.82, 2.24) is 10.2 Å². The largest absolute Gasteiger partial charge is 0.317 e. The highest BCUT2D eigenvalue weighted by atomic mass is 15.1. The molecule has 0 heterocycles. The molecule has 0 aliphatic heterocycles. The zero-order valence-electron chi connectivity index (χ0n) is 12.2. The first-order chi connectivity index (χ1) is 8.31. The lowest BCUT2D eigenvalue weighted by Gasteiger charge is -2.33. The first-order valence-electron chi connectivity index (χ1n) is 7.73. The molecule has 1 N–H and O–H groups in total. The summed E-state index contributed by atoms with van der Waals surface area (Å²) in [7, 11) is 2.09. The van der Waals surface area contributed by atoms with Crippen molar-refractivity contribution in [2.45, 2.75) is 77.3 Å². The highest BCUT2D eigenvalue weighted by molar-refractivity contribution is 4.75. The van der Waals surface area contributed by atoms with E-state index in [0.29, 0.717) is 0 Å². The molecule has 1 atom stereocenters. The SMILES string of the molecule is CCC(CCCN(CC)C1CCCCC1)NC. The fourth-order valence-electron chi connectivity index (χ4n) is 3.14. The van der Waals surface area contributed by atoms with Gasteiger partial charge in [0, 0.05) is 12.1 Å². The molecule has 1 unspecified atom stereocenters. The van der Waals surface area contributed by atoms with Gasteiger partial charge in [-0.3, -0.25) is 0 Å². The van der Waals surface area contributed by atoms with Gasteiger partial charge >= 0.3 is 0 Å². The molecule has 1 aliphatic rings. The molecule has 0 saturated heterocycles. The van der Waals surface area contributed by atoms with Gasteiger partial charge in [0.1, 0.15) is 0 Å². The smallest absolute Gasteiger partial charge is 0.00951 e. The van der Waals surface area contributed by atoms with Crippen LogP contribution in [0, 0.1) is 0 Å². The highest BCUT2D eigenvalue weighted by Crippen LogP contribution is 2.22. The molecule has 0 amide bonds. The van der Waals surface area contributed by atoms with Crippen LogP contribution in [-0.2, 0) is 0 Å². The zero-order valence-corrected chi connectivity index (χ0v) is 12.2. The Balaban J connectivity index is 2.21. The molecule has 2 heteroatoms. The summed E-state index contributed by atoms with van der Waals surface area (Å²) in [6.07, 6.45) is 11.2. The second kappa shape index (κ2) is 8.93. The summed E-state index contributed by atoms with van der Waals surface area (Å²) in [5.74, 6) is 0. The lowest BCUT2D eigenvalue weighted by atomic mass is 9.94. The van der Waals surface area contributed by atoms with Crippen LogP contribution in [0.25, 0.3) is 0 Å². The van der Waals surface area contributed by atoms with E-state index in [9.17, 15) is 0 Å². The van der Waals surface area contributed by atoms with Crippen LogP contribution >= 0.6 is 0 Å². The van der Waals surface area contributed by atoms with Crippen LogP contribution in [0.5, 0.6) is 0 Å². The summed E-state index contributed by atoms with van der Waals surface area (Å²) in [4.78, 5) is 2.72. The number of hydrogen-bond acceptors (Lipinski definition) is 2. The van der Waals surface area contributed by atoms with Crippen molar-refractivity contribution in [2.75, 3.05) is 20.1 Å². The summed E-state index contributed by atoms with van der Waals surface area (Å²) < 4.78 is 0. The van der Waals surface area contributed by atoms with Gasteiger partial charge in [0.05, 0.1) is 0 Å². The van der Waals surface area contributed by atoms with Gasteiger partial charge in [0.25, 0.3) is 0 Å². The Kier molecular flexibility index (Phi) is 7.87. The summed E-state index contributed by atoms with van der Waals surface area (Å²) in [5, 5.41) is 3.40. The molecule has 1 saturated carbocycles. The summed E-state index contributed by atoms with van der Waals surface area (Å²) in [6, 6.07) is 1.61. The molecule has 17 heavy (non-hydrogen) atoms. The minimum absolute atomic E-state index is 0.722. The number of rotatable bonds is 8. The van der Waals surface area contributed by atoms with E-state index in [0.717, 1.165) is 12.1 Å². The molecule has 0 aromatic heterocycles. The topological polar surface area (TPSA) is 15.3 Å². The first-order valence-corrected chi connectivity index (χ1v) is 7.73. The first kappa shape index (κ1) is 15.0. The van der Waals surface area contributed by atoms with E-state index < -0.39 is 0 Å². The van der Waals surface area contributed by atoms with Crippen molar-refractivity contribution >= 4 is 0 Å². The van der Waals surface area contributed by atoms with Crippen LogP contribution < -0.4 is 5.32 Å². The van der Waals surface area contributed by atoms with E-state index in [1.807, 2.05) is 0 Å². The molecule has 2 nitrogen and oxygen atoms in total. The quantitative estimate of drug-likeness (QED) is 0.699. The Morgan fingerprint density at radius 2 is 1.88 bits per heavy atom. The van der Waals surface area contributed by atoms with E-state index in [1.165, 1.54) is 64.5 Å². The summed E-state index contributed by atoms with van der Waals surface area (Å²) in [6.45, 7) is 7.14. The molecule has 0 radical (unpaired) electrons. The molecule has 0 aromatic carbocycles. The maximum atomic E-state index is 3.40. The Bertz CT molecular complexity index is 172. The van der Waals surface area contributed by atoms with Gasteiger partial charge in [-0.05, 0) is 52.2 Å². The van der Waals surface area contributed by atoms with Gasteiger partial charge in [0.15, 0.2) is 0 Å². The Hall–Kier alpha value is -0.0800. The molecule has 1 fully saturated rings. The molecule has 0 spiro atoms. The van der Waals surface area contributed by atoms with Crippen LogP contribution in [0.15, 0.2) is 0 Å². The molecule has 0 aromatic rings. The second-order valence-corrected chi connectivity index (χ2v) is 5.46. The van der Waals surface area contributed by atoms with Crippen LogP contribution in [0.4, 0.5) is 0 Å². The van der Waals surface area contributed by atoms with E-state index >= 15 is 0 Å². The lowest BCUT2D eigenvalue weighted by Crippen LogP contribution is -2.38. The lowest BCUT2D eigenvalue weighted by molar-refractivity contribution is 0.159. The highest BCUT2D eigenvalue weighted by Gasteiger charge is 2.19. The van der Waals surface area contributed by atoms with Crippen LogP contribution in [-0.4, -0.2) is 37.1 Å². The number of nitrogens with zero attached hydrogens (tertiary/aromatic N) is 1. The van der Waals surface area contributed by atoms with Crippen LogP contribution in [0.1, 0.15) is 65.2 Å². The predicted molar refractivity (Wildman–Crippen MR) is 76.5 cm³/mol. The van der Waals surface area contributed by atoms with Crippen molar-refractivity contribution in [2.24, 2.45) is 0 Å². The maximum absolute atomic E-state index is 3.40. The third-order valence-corrected chi connectivity index (χ3v) is 4.40. The third-order valence-electron chi connectivity index (χ3n) is 4.40. The van der Waals surface area contributed by atoms with E-state index in [1.54, 1.807) is 0 Å². The molecule has 102 valence electrons. The van der Waals surface area contributed by atoms with E-state index in [2.05, 4.69) is 31.1 Å². The average molecular weight is 240 g/mol. The van der Waals surface area contributed by atoms with Gasteiger partial charge in [-0.1, -0.05) is 33.1 Å². The molecule has 1 rings (SSSR count). The fourth-order valence-corrected chi connectivity index (χ4v) is 3.14. The van der Waals surface area contributed by atoms with Crippen molar-refractivity contribution in [3.63, 3.8) is 0 Å². The number of hydrogen-bond donors (Lipinski definition) is 1. The van der Waals surface area contributed by atoms with Crippen molar-refractivity contribution < 1.29 is 0 Å². The standard InChI is InChI=1S/C15H32N2/c1-4-14(16-3)10-9-13-17(5-2)15-11-7-6-8-12-15/h14-16H,4-13H2,1-3H3. The van der Waals surface area contributed by atoms with E-state index in [4.69, 9.17) is 0 Å². The Morgan fingerprint density at radius 1 is 1.18 bits per heavy atom. The van der Waals surface area contributed by atoms with Crippen molar-refractivity contribution in [3.05, 3.63) is 0 Å². The van der Waals surface area contributed by atoms with Gasteiger partial charge in [0.2, 0.25) is 0 Å². The predicted octanol–water partition coefficient (Wildman–Crippen LogP) is 3.42. The normalized spacial score (nSPS) is 19.8. The van der Waals surface area contributed by atoms with Gasteiger partial charge < -0.3 is 10.2 Å². The minimum atomic E-state index is 0.722. The summed E-state index contributed by atoms with van der Waals surface area (Å²) in [5.41, 5.74) is 0. The molecule has 0 bridgehead atoms. The second-order valence-electron chi connectivity index (χ2n) is 5.46. The zero-order chi connectivity index (χ0) is 12.5. The number of nitrogens with one attached hydrogen (secondary N) is 1. The van der Waals surface area contributed by atoms with Gasteiger partial charge in [-0.2, -0.15) is 0 Å². The fraction of sp³-hybridized carbons (Fsp3) is 1.00. The molecular weight excluding hydrogens is 208 g/mol. The van der Waals surface area contributed by atoms with E-state index in [-0.39, 0.29) is 0 Å². The van der Waals surface area contributed by atoms with Crippen LogP contribution in [0.2, 0.25) is 0 Å². The summed E-state index contributed by atoms with van der Waals surface area (Å²) >= 11 is 0. The third kappa shape index (κ3) is 5.39. The minimum Gasteiger partial charge on any atom is -0.317 e. The monoisotopic (exact) mass is 240 g/mol. The maximum Gasteiger partial charge on any atom is 0.00951 e. The van der Waals surface area contributed by atoms with Crippen LogP contribution in [0.3, 0.4) is 0 Å². The van der Waals surface area contributed by atoms with Gasteiger partial charge in [-0.15, -0.1) is 0 Å². The molecule has 1 aliphatic carbocycles. The van der Waals surface area contributed by atoms with Gasteiger partial charge in [-0.25, -0.2) is 0 Å². The van der Waals surface area contributed by atoms with Crippen molar-refractivity contribution in [1.29, 1.82) is 0 Å².